The maximum atomic E-state index is 9.54. The molecule has 0 amide bonds. The van der Waals surface area contributed by atoms with Gasteiger partial charge in [-0.3, -0.25) is 0 Å². The number of rotatable bonds is 6. The monoisotopic (exact) mass is 209 g/mol. The van der Waals surface area contributed by atoms with Crippen LogP contribution in [0.25, 0.3) is 0 Å². The van der Waals surface area contributed by atoms with Gasteiger partial charge >= 0.3 is 0 Å². The van der Waals surface area contributed by atoms with Crippen molar-refractivity contribution in [3.05, 3.63) is 29.8 Å². The van der Waals surface area contributed by atoms with Gasteiger partial charge in [0.2, 0.25) is 0 Å². The first-order valence-corrected chi connectivity index (χ1v) is 5.29. The van der Waals surface area contributed by atoms with Gasteiger partial charge in [0.1, 0.15) is 0 Å². The second-order valence-electron chi connectivity index (χ2n) is 3.51. The normalized spacial score (nSPS) is 12.5. The molecule has 0 saturated heterocycles. The summed E-state index contributed by atoms with van der Waals surface area (Å²) < 4.78 is 5.12. The third-order valence-electron chi connectivity index (χ3n) is 2.19. The quantitative estimate of drug-likeness (QED) is 0.750. The highest BCUT2D eigenvalue weighted by molar-refractivity contribution is 5.50. The lowest BCUT2D eigenvalue weighted by Gasteiger charge is -2.13. The van der Waals surface area contributed by atoms with Gasteiger partial charge in [0.15, 0.2) is 0 Å². The van der Waals surface area contributed by atoms with Crippen molar-refractivity contribution in [2.24, 2.45) is 0 Å². The average Bonchev–Trinajstić information content (AvgIpc) is 2.25. The number of nitrogens with one attached hydrogen (secondary N) is 1. The molecule has 84 valence electrons. The highest BCUT2D eigenvalue weighted by Crippen LogP contribution is 2.12. The van der Waals surface area contributed by atoms with Gasteiger partial charge in [-0.2, -0.15) is 0 Å². The lowest BCUT2D eigenvalue weighted by molar-refractivity contribution is 0.0496. The fraction of sp³-hybridized carbons (Fsp3) is 0.500. The summed E-state index contributed by atoms with van der Waals surface area (Å²) in [5, 5.41) is 12.7. The van der Waals surface area contributed by atoms with Crippen LogP contribution in [-0.4, -0.2) is 31.0 Å². The van der Waals surface area contributed by atoms with Crippen LogP contribution in [-0.2, 0) is 4.74 Å². The topological polar surface area (TPSA) is 41.5 Å². The molecule has 0 heterocycles. The maximum absolute atomic E-state index is 9.54. The molecule has 3 heteroatoms. The van der Waals surface area contributed by atoms with Crippen LogP contribution >= 0.6 is 0 Å². The summed E-state index contributed by atoms with van der Waals surface area (Å²) in [5.74, 6) is 0. The van der Waals surface area contributed by atoms with Gasteiger partial charge in [-0.15, -0.1) is 0 Å². The Bertz CT molecular complexity index is 289. The second-order valence-corrected chi connectivity index (χ2v) is 3.51. The van der Waals surface area contributed by atoms with E-state index >= 15 is 0 Å². The number of hydrogen-bond acceptors (Lipinski definition) is 3. The average molecular weight is 209 g/mol. The first-order valence-electron chi connectivity index (χ1n) is 5.29. The first-order chi connectivity index (χ1) is 7.24. The van der Waals surface area contributed by atoms with Crippen molar-refractivity contribution >= 4 is 5.69 Å². The molecule has 0 fully saturated rings. The molecule has 1 aromatic rings. The molecule has 0 saturated carbocycles. The highest BCUT2D eigenvalue weighted by atomic mass is 16.5. The number of aliphatic hydroxyl groups excluding tert-OH is 1. The summed E-state index contributed by atoms with van der Waals surface area (Å²) in [5.41, 5.74) is 2.24. The number of ether oxygens (including phenoxy) is 1. The molecule has 0 spiro atoms. The summed E-state index contributed by atoms with van der Waals surface area (Å²) in [6.07, 6.45) is -0.454. The summed E-state index contributed by atoms with van der Waals surface area (Å²) in [4.78, 5) is 0. The molecular weight excluding hydrogens is 190 g/mol. The highest BCUT2D eigenvalue weighted by Gasteiger charge is 2.03. The number of para-hydroxylation sites is 1. The molecule has 0 bridgehead atoms. The zero-order chi connectivity index (χ0) is 11.1. The van der Waals surface area contributed by atoms with Crippen molar-refractivity contribution in [3.63, 3.8) is 0 Å². The van der Waals surface area contributed by atoms with Crippen LogP contribution in [0.5, 0.6) is 0 Å². The minimum atomic E-state index is -0.454. The SMILES string of the molecule is CCOCC(O)CNc1ccccc1C. The molecular formula is C12H19NO2. The largest absolute Gasteiger partial charge is 0.389 e. The van der Waals surface area contributed by atoms with Crippen LogP contribution in [0.3, 0.4) is 0 Å². The number of hydrogen-bond donors (Lipinski definition) is 2. The third-order valence-corrected chi connectivity index (χ3v) is 2.19. The maximum Gasteiger partial charge on any atom is 0.0945 e. The molecule has 3 nitrogen and oxygen atoms in total. The lowest BCUT2D eigenvalue weighted by Crippen LogP contribution is -2.25. The number of aryl methyl sites for hydroxylation is 1. The summed E-state index contributed by atoms with van der Waals surface area (Å²) in [6.45, 7) is 5.50. The van der Waals surface area contributed by atoms with E-state index in [1.165, 1.54) is 5.56 Å². The van der Waals surface area contributed by atoms with Gasteiger partial charge in [0, 0.05) is 18.8 Å². The van der Waals surface area contributed by atoms with E-state index in [0.29, 0.717) is 19.8 Å². The van der Waals surface area contributed by atoms with Crippen LogP contribution in [0.2, 0.25) is 0 Å². The molecule has 0 aliphatic heterocycles. The van der Waals surface area contributed by atoms with Crippen LogP contribution in [0, 0.1) is 6.92 Å². The van der Waals surface area contributed by atoms with Crippen LogP contribution < -0.4 is 5.32 Å². The van der Waals surface area contributed by atoms with Crippen molar-refractivity contribution in [1.29, 1.82) is 0 Å². The van der Waals surface area contributed by atoms with E-state index in [0.717, 1.165) is 5.69 Å². The molecule has 1 unspecified atom stereocenters. The van der Waals surface area contributed by atoms with Gasteiger partial charge in [-0.05, 0) is 25.5 Å². The Morgan fingerprint density at radius 1 is 1.40 bits per heavy atom. The van der Waals surface area contributed by atoms with E-state index < -0.39 is 6.10 Å². The van der Waals surface area contributed by atoms with Gasteiger partial charge in [-0.25, -0.2) is 0 Å². The van der Waals surface area contributed by atoms with Crippen molar-refractivity contribution in [2.75, 3.05) is 25.1 Å². The van der Waals surface area contributed by atoms with Crippen molar-refractivity contribution in [2.45, 2.75) is 20.0 Å². The van der Waals surface area contributed by atoms with E-state index in [1.807, 2.05) is 38.1 Å². The van der Waals surface area contributed by atoms with E-state index in [-0.39, 0.29) is 0 Å². The summed E-state index contributed by atoms with van der Waals surface area (Å²) in [7, 11) is 0. The first kappa shape index (κ1) is 12.0. The van der Waals surface area contributed by atoms with Crippen LogP contribution in [0.1, 0.15) is 12.5 Å². The van der Waals surface area contributed by atoms with Gasteiger partial charge in [0.25, 0.3) is 0 Å². The Morgan fingerprint density at radius 3 is 2.80 bits per heavy atom. The zero-order valence-electron chi connectivity index (χ0n) is 9.36. The van der Waals surface area contributed by atoms with E-state index in [9.17, 15) is 5.11 Å². The predicted octanol–water partition coefficient (Wildman–Crippen LogP) is 1.80. The molecule has 15 heavy (non-hydrogen) atoms. The lowest BCUT2D eigenvalue weighted by atomic mass is 10.2. The van der Waals surface area contributed by atoms with Crippen LogP contribution in [0.4, 0.5) is 5.69 Å². The zero-order valence-corrected chi connectivity index (χ0v) is 9.36. The molecule has 0 aliphatic carbocycles. The summed E-state index contributed by atoms with van der Waals surface area (Å²) >= 11 is 0. The van der Waals surface area contributed by atoms with Crippen LogP contribution in [0.15, 0.2) is 24.3 Å². The minimum absolute atomic E-state index is 0.384. The Morgan fingerprint density at radius 2 is 2.13 bits per heavy atom. The molecule has 1 aromatic carbocycles. The Hall–Kier alpha value is -1.06. The number of aliphatic hydroxyl groups is 1. The fourth-order valence-corrected chi connectivity index (χ4v) is 1.31. The van der Waals surface area contributed by atoms with Crippen molar-refractivity contribution in [1.82, 2.24) is 0 Å². The standard InChI is InChI=1S/C12H19NO2/c1-3-15-9-11(14)8-13-12-7-5-4-6-10(12)2/h4-7,11,13-14H,3,8-9H2,1-2H3. The second kappa shape index (κ2) is 6.43. The van der Waals surface area contributed by atoms with Gasteiger partial charge in [-0.1, -0.05) is 18.2 Å². The Balaban J connectivity index is 2.33. The molecule has 0 aliphatic rings. The molecule has 1 rings (SSSR count). The summed E-state index contributed by atoms with van der Waals surface area (Å²) in [6, 6.07) is 8.02. The predicted molar refractivity (Wildman–Crippen MR) is 62.2 cm³/mol. The third kappa shape index (κ3) is 4.32. The van der Waals surface area contributed by atoms with Gasteiger partial charge in [0.05, 0.1) is 12.7 Å². The fourth-order valence-electron chi connectivity index (χ4n) is 1.31. The Labute approximate surface area is 91.1 Å². The Kier molecular flexibility index (Phi) is 5.15. The van der Waals surface area contributed by atoms with Gasteiger partial charge < -0.3 is 15.2 Å². The number of anilines is 1. The smallest absolute Gasteiger partial charge is 0.0945 e. The minimum Gasteiger partial charge on any atom is -0.389 e. The van der Waals surface area contributed by atoms with E-state index in [1.54, 1.807) is 0 Å². The molecule has 0 radical (unpaired) electrons. The van der Waals surface area contributed by atoms with Crippen molar-refractivity contribution < 1.29 is 9.84 Å². The number of benzene rings is 1. The molecule has 2 N–H and O–H groups in total. The van der Waals surface area contributed by atoms with E-state index in [4.69, 9.17) is 4.74 Å². The molecule has 1 atom stereocenters. The van der Waals surface area contributed by atoms with E-state index in [2.05, 4.69) is 5.32 Å². The molecule has 0 aromatic heterocycles. The van der Waals surface area contributed by atoms with Crippen molar-refractivity contribution in [3.8, 4) is 0 Å².